The molecule has 0 bridgehead atoms. The second kappa shape index (κ2) is 3.61. The molecule has 66 valence electrons. The maximum Gasteiger partial charge on any atom is 0.0376 e. The Morgan fingerprint density at radius 3 is 2.50 bits per heavy atom. The third-order valence-electron chi connectivity index (χ3n) is 2.14. The van der Waals surface area contributed by atoms with Crippen LogP contribution in [-0.4, -0.2) is 0 Å². The summed E-state index contributed by atoms with van der Waals surface area (Å²) in [5, 5.41) is 0. The fourth-order valence-electron chi connectivity index (χ4n) is 1.54. The molecular weight excluding hydrogens is 146 g/mol. The Bertz CT molecular complexity index is 277. The summed E-state index contributed by atoms with van der Waals surface area (Å²) in [5.74, 6) is 0. The average Bonchev–Trinajstić information content (AvgIpc) is 2.00. The molecule has 12 heavy (non-hydrogen) atoms. The van der Waals surface area contributed by atoms with Crippen LogP contribution in [0.1, 0.15) is 30.0 Å². The van der Waals surface area contributed by atoms with E-state index in [1.807, 2.05) is 0 Å². The number of benzene rings is 1. The van der Waals surface area contributed by atoms with Crippen molar-refractivity contribution < 1.29 is 0 Å². The molecule has 0 heterocycles. The molecule has 0 fully saturated rings. The molecule has 0 aliphatic rings. The molecule has 0 saturated heterocycles. The summed E-state index contributed by atoms with van der Waals surface area (Å²) in [7, 11) is 0. The second-order valence-electron chi connectivity index (χ2n) is 3.40. The van der Waals surface area contributed by atoms with Gasteiger partial charge in [-0.3, -0.25) is 0 Å². The van der Waals surface area contributed by atoms with E-state index in [0.29, 0.717) is 0 Å². The summed E-state index contributed by atoms with van der Waals surface area (Å²) in [5.41, 5.74) is 10.7. The van der Waals surface area contributed by atoms with Gasteiger partial charge in [0.15, 0.2) is 0 Å². The Hall–Kier alpha value is -0.980. The molecule has 0 radical (unpaired) electrons. The monoisotopic (exact) mass is 163 g/mol. The molecule has 0 atom stereocenters. The van der Waals surface area contributed by atoms with Crippen molar-refractivity contribution in [2.24, 2.45) is 0 Å². The van der Waals surface area contributed by atoms with Crippen molar-refractivity contribution in [1.82, 2.24) is 0 Å². The molecule has 0 spiro atoms. The Labute approximate surface area is 74.6 Å². The van der Waals surface area contributed by atoms with E-state index in [1.54, 1.807) is 0 Å². The van der Waals surface area contributed by atoms with E-state index >= 15 is 0 Å². The van der Waals surface area contributed by atoms with Crippen molar-refractivity contribution in [1.29, 1.82) is 0 Å². The second-order valence-corrected chi connectivity index (χ2v) is 3.40. The van der Waals surface area contributed by atoms with E-state index in [9.17, 15) is 0 Å². The zero-order valence-corrected chi connectivity index (χ0v) is 8.15. The fourth-order valence-corrected chi connectivity index (χ4v) is 1.54. The van der Waals surface area contributed by atoms with Crippen LogP contribution in [0.15, 0.2) is 12.1 Å². The van der Waals surface area contributed by atoms with Gasteiger partial charge in [0.1, 0.15) is 0 Å². The Morgan fingerprint density at radius 2 is 1.92 bits per heavy atom. The van der Waals surface area contributed by atoms with Gasteiger partial charge in [-0.1, -0.05) is 31.0 Å². The molecule has 2 N–H and O–H groups in total. The molecule has 1 aromatic rings. The molecule has 1 aromatic carbocycles. The van der Waals surface area contributed by atoms with Crippen LogP contribution in [0.2, 0.25) is 0 Å². The first-order valence-corrected chi connectivity index (χ1v) is 4.50. The van der Waals surface area contributed by atoms with Crippen LogP contribution < -0.4 is 5.73 Å². The van der Waals surface area contributed by atoms with Crippen molar-refractivity contribution in [3.05, 3.63) is 28.8 Å². The van der Waals surface area contributed by atoms with Crippen LogP contribution in [0.3, 0.4) is 0 Å². The van der Waals surface area contributed by atoms with E-state index in [4.69, 9.17) is 5.73 Å². The van der Waals surface area contributed by atoms with Gasteiger partial charge in [0.2, 0.25) is 0 Å². The first-order valence-electron chi connectivity index (χ1n) is 4.50. The molecule has 0 saturated carbocycles. The molecule has 0 aliphatic carbocycles. The maximum absolute atomic E-state index is 5.94. The minimum Gasteiger partial charge on any atom is -0.398 e. The van der Waals surface area contributed by atoms with Crippen molar-refractivity contribution in [2.75, 3.05) is 5.73 Å². The van der Waals surface area contributed by atoms with Crippen LogP contribution >= 0.6 is 0 Å². The normalized spacial score (nSPS) is 10.2. The highest BCUT2D eigenvalue weighted by Crippen LogP contribution is 2.20. The molecule has 1 nitrogen and oxygen atoms in total. The number of nitrogen functional groups attached to an aromatic ring is 1. The Kier molecular flexibility index (Phi) is 2.74. The van der Waals surface area contributed by atoms with Crippen LogP contribution in [-0.2, 0) is 6.42 Å². The van der Waals surface area contributed by atoms with Crippen molar-refractivity contribution in [3.63, 3.8) is 0 Å². The summed E-state index contributed by atoms with van der Waals surface area (Å²) in [4.78, 5) is 0. The largest absolute Gasteiger partial charge is 0.398 e. The number of anilines is 1. The standard InChI is InChI=1S/C11H17N/c1-4-5-10-7-8(2)6-9(3)11(10)12/h6-7H,4-5,12H2,1-3H3. The van der Waals surface area contributed by atoms with Crippen molar-refractivity contribution in [2.45, 2.75) is 33.6 Å². The lowest BCUT2D eigenvalue weighted by Crippen LogP contribution is -1.97. The minimum atomic E-state index is 0.974. The first kappa shape index (κ1) is 9.11. The van der Waals surface area contributed by atoms with Crippen LogP contribution in [0.25, 0.3) is 0 Å². The Morgan fingerprint density at radius 1 is 1.25 bits per heavy atom. The van der Waals surface area contributed by atoms with Crippen LogP contribution in [0, 0.1) is 13.8 Å². The van der Waals surface area contributed by atoms with E-state index in [0.717, 1.165) is 18.5 Å². The van der Waals surface area contributed by atoms with Crippen LogP contribution in [0.5, 0.6) is 0 Å². The lowest BCUT2D eigenvalue weighted by Gasteiger charge is -2.08. The maximum atomic E-state index is 5.94. The lowest BCUT2D eigenvalue weighted by atomic mass is 10.0. The van der Waals surface area contributed by atoms with Crippen molar-refractivity contribution >= 4 is 5.69 Å². The third-order valence-corrected chi connectivity index (χ3v) is 2.14. The molecule has 0 aromatic heterocycles. The lowest BCUT2D eigenvalue weighted by molar-refractivity contribution is 0.921. The van der Waals surface area contributed by atoms with Gasteiger partial charge in [0.05, 0.1) is 0 Å². The van der Waals surface area contributed by atoms with Gasteiger partial charge >= 0.3 is 0 Å². The quantitative estimate of drug-likeness (QED) is 0.666. The fraction of sp³-hybridized carbons (Fsp3) is 0.455. The van der Waals surface area contributed by atoms with E-state index in [-0.39, 0.29) is 0 Å². The van der Waals surface area contributed by atoms with Gasteiger partial charge in [-0.2, -0.15) is 0 Å². The molecular formula is C11H17N. The van der Waals surface area contributed by atoms with Gasteiger partial charge in [-0.05, 0) is 31.4 Å². The zero-order chi connectivity index (χ0) is 9.14. The SMILES string of the molecule is CCCc1cc(C)cc(C)c1N. The predicted molar refractivity (Wildman–Crippen MR) is 54.3 cm³/mol. The van der Waals surface area contributed by atoms with Gasteiger partial charge in [-0.25, -0.2) is 0 Å². The molecule has 0 amide bonds. The summed E-state index contributed by atoms with van der Waals surface area (Å²) >= 11 is 0. The number of rotatable bonds is 2. The minimum absolute atomic E-state index is 0.974. The average molecular weight is 163 g/mol. The van der Waals surface area contributed by atoms with Gasteiger partial charge in [-0.15, -0.1) is 0 Å². The van der Waals surface area contributed by atoms with E-state index < -0.39 is 0 Å². The molecule has 0 aliphatic heterocycles. The number of hydrogen-bond donors (Lipinski definition) is 1. The summed E-state index contributed by atoms with van der Waals surface area (Å²) in [6.07, 6.45) is 2.25. The van der Waals surface area contributed by atoms with Gasteiger partial charge in [0.25, 0.3) is 0 Å². The predicted octanol–water partition coefficient (Wildman–Crippen LogP) is 2.84. The summed E-state index contributed by atoms with van der Waals surface area (Å²) in [6.45, 7) is 6.37. The summed E-state index contributed by atoms with van der Waals surface area (Å²) < 4.78 is 0. The molecule has 0 unspecified atom stereocenters. The third kappa shape index (κ3) is 1.79. The van der Waals surface area contributed by atoms with E-state index in [1.165, 1.54) is 16.7 Å². The number of hydrogen-bond acceptors (Lipinski definition) is 1. The number of nitrogens with two attached hydrogens (primary N) is 1. The highest BCUT2D eigenvalue weighted by Gasteiger charge is 2.01. The van der Waals surface area contributed by atoms with E-state index in [2.05, 4.69) is 32.9 Å². The van der Waals surface area contributed by atoms with Crippen LogP contribution in [0.4, 0.5) is 5.69 Å². The topological polar surface area (TPSA) is 26.0 Å². The van der Waals surface area contributed by atoms with Gasteiger partial charge < -0.3 is 5.73 Å². The highest BCUT2D eigenvalue weighted by atomic mass is 14.6. The smallest absolute Gasteiger partial charge is 0.0376 e. The summed E-state index contributed by atoms with van der Waals surface area (Å²) in [6, 6.07) is 4.32. The first-order chi connectivity index (χ1) is 5.65. The zero-order valence-electron chi connectivity index (χ0n) is 8.15. The van der Waals surface area contributed by atoms with Gasteiger partial charge in [0, 0.05) is 5.69 Å². The Balaban J connectivity index is 3.09. The van der Waals surface area contributed by atoms with Crippen molar-refractivity contribution in [3.8, 4) is 0 Å². The highest BCUT2D eigenvalue weighted by molar-refractivity contribution is 5.54. The number of aryl methyl sites for hydroxylation is 3. The molecule has 1 heteroatoms. The molecule has 1 rings (SSSR count).